The summed E-state index contributed by atoms with van der Waals surface area (Å²) in [6.45, 7) is 6.80. The second-order valence-electron chi connectivity index (χ2n) is 4.63. The summed E-state index contributed by atoms with van der Waals surface area (Å²) in [5.41, 5.74) is 2.37. The lowest BCUT2D eigenvalue weighted by atomic mass is 9.81. The second kappa shape index (κ2) is 5.05. The number of hydrogen-bond acceptors (Lipinski definition) is 4. The molecule has 1 aromatic heterocycles. The standard InChI is InChI=1S/C11H19N3S/c1-11(2-4-12-5-3-11)8-13-6-10-7-14-9-15-10/h7,9,12-13H,2-6,8H2,1H3. The van der Waals surface area contributed by atoms with E-state index in [1.165, 1.54) is 30.8 Å². The minimum atomic E-state index is 0.482. The molecule has 4 heteroatoms. The Morgan fingerprint density at radius 3 is 3.00 bits per heavy atom. The molecule has 84 valence electrons. The molecule has 0 spiro atoms. The first-order valence-corrected chi connectivity index (χ1v) is 6.45. The smallest absolute Gasteiger partial charge is 0.0794 e. The summed E-state index contributed by atoms with van der Waals surface area (Å²) in [6.07, 6.45) is 4.51. The van der Waals surface area contributed by atoms with Gasteiger partial charge < -0.3 is 10.6 Å². The van der Waals surface area contributed by atoms with Gasteiger partial charge in [-0.25, -0.2) is 0 Å². The number of thiazole rings is 1. The molecule has 0 amide bonds. The third-order valence-corrected chi connectivity index (χ3v) is 3.92. The molecule has 1 aromatic rings. The molecule has 2 N–H and O–H groups in total. The van der Waals surface area contributed by atoms with Crippen molar-refractivity contribution in [3.63, 3.8) is 0 Å². The van der Waals surface area contributed by atoms with Crippen LogP contribution in [0.15, 0.2) is 11.7 Å². The van der Waals surface area contributed by atoms with E-state index in [0.717, 1.165) is 13.1 Å². The van der Waals surface area contributed by atoms with E-state index < -0.39 is 0 Å². The highest BCUT2D eigenvalue weighted by atomic mass is 32.1. The molecular weight excluding hydrogens is 206 g/mol. The Morgan fingerprint density at radius 2 is 2.33 bits per heavy atom. The first-order valence-electron chi connectivity index (χ1n) is 5.57. The van der Waals surface area contributed by atoms with E-state index in [1.807, 2.05) is 11.7 Å². The molecule has 15 heavy (non-hydrogen) atoms. The van der Waals surface area contributed by atoms with Gasteiger partial charge in [0.15, 0.2) is 0 Å². The van der Waals surface area contributed by atoms with Crippen LogP contribution in [0.2, 0.25) is 0 Å². The molecule has 0 unspecified atom stereocenters. The van der Waals surface area contributed by atoms with Crippen molar-refractivity contribution in [1.29, 1.82) is 0 Å². The maximum absolute atomic E-state index is 4.07. The lowest BCUT2D eigenvalue weighted by Crippen LogP contribution is -2.41. The average molecular weight is 225 g/mol. The molecule has 1 saturated heterocycles. The van der Waals surface area contributed by atoms with Crippen molar-refractivity contribution in [2.24, 2.45) is 5.41 Å². The number of aromatic nitrogens is 1. The van der Waals surface area contributed by atoms with E-state index in [-0.39, 0.29) is 0 Å². The van der Waals surface area contributed by atoms with Crippen LogP contribution in [0.1, 0.15) is 24.6 Å². The fourth-order valence-corrected chi connectivity index (χ4v) is 2.59. The van der Waals surface area contributed by atoms with E-state index in [1.54, 1.807) is 11.3 Å². The van der Waals surface area contributed by atoms with Crippen LogP contribution in [0.4, 0.5) is 0 Å². The predicted molar refractivity (Wildman–Crippen MR) is 64.0 cm³/mol. The summed E-state index contributed by atoms with van der Waals surface area (Å²) < 4.78 is 0. The van der Waals surface area contributed by atoms with Crippen molar-refractivity contribution in [1.82, 2.24) is 15.6 Å². The van der Waals surface area contributed by atoms with E-state index >= 15 is 0 Å². The number of nitrogens with one attached hydrogen (secondary N) is 2. The van der Waals surface area contributed by atoms with E-state index in [0.29, 0.717) is 5.41 Å². The maximum Gasteiger partial charge on any atom is 0.0794 e. The van der Waals surface area contributed by atoms with Crippen LogP contribution in [0, 0.1) is 5.41 Å². The zero-order valence-corrected chi connectivity index (χ0v) is 10.1. The van der Waals surface area contributed by atoms with Gasteiger partial charge in [0, 0.05) is 24.2 Å². The van der Waals surface area contributed by atoms with Crippen LogP contribution < -0.4 is 10.6 Å². The summed E-state index contributed by atoms with van der Waals surface area (Å²) in [7, 11) is 0. The Bertz CT molecular complexity index is 278. The van der Waals surface area contributed by atoms with Crippen LogP contribution in [0.5, 0.6) is 0 Å². The highest BCUT2D eigenvalue weighted by Crippen LogP contribution is 2.26. The first kappa shape index (κ1) is 11.0. The molecule has 0 saturated carbocycles. The summed E-state index contributed by atoms with van der Waals surface area (Å²) in [4.78, 5) is 5.40. The molecule has 1 aliphatic rings. The topological polar surface area (TPSA) is 37.0 Å². The van der Waals surface area contributed by atoms with Gasteiger partial charge in [0.05, 0.1) is 5.51 Å². The monoisotopic (exact) mass is 225 g/mol. The van der Waals surface area contributed by atoms with Gasteiger partial charge in [0.2, 0.25) is 0 Å². The van der Waals surface area contributed by atoms with Crippen LogP contribution in [0.3, 0.4) is 0 Å². The lowest BCUT2D eigenvalue weighted by Gasteiger charge is -2.34. The fourth-order valence-electron chi connectivity index (χ4n) is 2.02. The van der Waals surface area contributed by atoms with E-state index in [9.17, 15) is 0 Å². The minimum absolute atomic E-state index is 0.482. The molecular formula is C11H19N3S. The van der Waals surface area contributed by atoms with Gasteiger partial charge in [0.25, 0.3) is 0 Å². The molecule has 2 rings (SSSR count). The quantitative estimate of drug-likeness (QED) is 0.817. The van der Waals surface area contributed by atoms with Crippen molar-refractivity contribution >= 4 is 11.3 Å². The van der Waals surface area contributed by atoms with Gasteiger partial charge in [-0.1, -0.05) is 6.92 Å². The highest BCUT2D eigenvalue weighted by Gasteiger charge is 2.25. The van der Waals surface area contributed by atoms with Gasteiger partial charge in [0.1, 0.15) is 0 Å². The Labute approximate surface area is 95.3 Å². The fraction of sp³-hybridized carbons (Fsp3) is 0.727. The van der Waals surface area contributed by atoms with Gasteiger partial charge in [-0.05, 0) is 31.3 Å². The highest BCUT2D eigenvalue weighted by molar-refractivity contribution is 7.09. The third kappa shape index (κ3) is 3.26. The number of rotatable bonds is 4. The van der Waals surface area contributed by atoms with Crippen LogP contribution in [-0.2, 0) is 6.54 Å². The number of hydrogen-bond donors (Lipinski definition) is 2. The Hall–Kier alpha value is -0.450. The minimum Gasteiger partial charge on any atom is -0.317 e. The molecule has 0 atom stereocenters. The zero-order chi connectivity index (χ0) is 10.6. The number of piperidine rings is 1. The third-order valence-electron chi connectivity index (χ3n) is 3.15. The summed E-state index contributed by atoms with van der Waals surface area (Å²) in [5, 5.41) is 6.95. The molecule has 0 aromatic carbocycles. The maximum atomic E-state index is 4.07. The first-order chi connectivity index (χ1) is 7.29. The summed E-state index contributed by atoms with van der Waals surface area (Å²) >= 11 is 1.72. The van der Waals surface area contributed by atoms with Crippen LogP contribution in [-0.4, -0.2) is 24.6 Å². The van der Waals surface area contributed by atoms with Crippen molar-refractivity contribution in [2.45, 2.75) is 26.3 Å². The van der Waals surface area contributed by atoms with Crippen molar-refractivity contribution in [2.75, 3.05) is 19.6 Å². The average Bonchev–Trinajstić information content (AvgIpc) is 2.71. The molecule has 0 bridgehead atoms. The Morgan fingerprint density at radius 1 is 1.53 bits per heavy atom. The van der Waals surface area contributed by atoms with Gasteiger partial charge in [-0.15, -0.1) is 11.3 Å². The van der Waals surface area contributed by atoms with Crippen molar-refractivity contribution in [3.8, 4) is 0 Å². The molecule has 1 aliphatic heterocycles. The zero-order valence-electron chi connectivity index (χ0n) is 9.25. The Kier molecular flexibility index (Phi) is 3.72. The van der Waals surface area contributed by atoms with E-state index in [4.69, 9.17) is 0 Å². The normalized spacial score (nSPS) is 20.3. The summed E-state index contributed by atoms with van der Waals surface area (Å²) in [6, 6.07) is 0. The lowest BCUT2D eigenvalue weighted by molar-refractivity contribution is 0.220. The van der Waals surface area contributed by atoms with Crippen LogP contribution >= 0.6 is 11.3 Å². The number of nitrogens with zero attached hydrogens (tertiary/aromatic N) is 1. The summed E-state index contributed by atoms with van der Waals surface area (Å²) in [5.74, 6) is 0. The molecule has 2 heterocycles. The SMILES string of the molecule is CC1(CNCc2cncs2)CCNCC1. The predicted octanol–water partition coefficient (Wildman–Crippen LogP) is 1.62. The van der Waals surface area contributed by atoms with Gasteiger partial charge in [-0.2, -0.15) is 0 Å². The van der Waals surface area contributed by atoms with Crippen molar-refractivity contribution < 1.29 is 0 Å². The Balaban J connectivity index is 1.72. The van der Waals surface area contributed by atoms with Gasteiger partial charge in [-0.3, -0.25) is 4.98 Å². The molecule has 3 nitrogen and oxygen atoms in total. The van der Waals surface area contributed by atoms with E-state index in [2.05, 4.69) is 22.5 Å². The van der Waals surface area contributed by atoms with Gasteiger partial charge >= 0.3 is 0 Å². The second-order valence-corrected chi connectivity index (χ2v) is 5.60. The molecule has 0 radical (unpaired) electrons. The largest absolute Gasteiger partial charge is 0.317 e. The molecule has 1 fully saturated rings. The molecule has 0 aliphatic carbocycles. The van der Waals surface area contributed by atoms with Crippen LogP contribution in [0.25, 0.3) is 0 Å². The van der Waals surface area contributed by atoms with Crippen molar-refractivity contribution in [3.05, 3.63) is 16.6 Å².